The molecule has 0 spiro atoms. The van der Waals surface area contributed by atoms with E-state index in [1.165, 1.54) is 51.6 Å². The van der Waals surface area contributed by atoms with Gasteiger partial charge in [-0.05, 0) is 46.1 Å². The molecule has 20 heavy (non-hydrogen) atoms. The van der Waals surface area contributed by atoms with Gasteiger partial charge in [-0.2, -0.15) is 0 Å². The van der Waals surface area contributed by atoms with Crippen molar-refractivity contribution in [1.82, 2.24) is 9.80 Å². The van der Waals surface area contributed by atoms with Gasteiger partial charge < -0.3 is 5.73 Å². The molecule has 0 bridgehead atoms. The Kier molecular flexibility index (Phi) is 5.49. The maximum atomic E-state index is 6.30. The van der Waals surface area contributed by atoms with Crippen LogP contribution in [0.15, 0.2) is 0 Å². The van der Waals surface area contributed by atoms with Crippen molar-refractivity contribution in [2.24, 2.45) is 11.7 Å². The van der Waals surface area contributed by atoms with E-state index in [2.05, 4.69) is 37.6 Å². The maximum Gasteiger partial charge on any atom is 0.0333 e. The summed E-state index contributed by atoms with van der Waals surface area (Å²) in [6.45, 7) is 10.3. The van der Waals surface area contributed by atoms with E-state index in [4.69, 9.17) is 5.73 Å². The van der Waals surface area contributed by atoms with Gasteiger partial charge in [0.15, 0.2) is 0 Å². The lowest BCUT2D eigenvalue weighted by Crippen LogP contribution is -2.64. The summed E-state index contributed by atoms with van der Waals surface area (Å²) in [7, 11) is 2.27. The Balaban J connectivity index is 2.10. The van der Waals surface area contributed by atoms with Crippen LogP contribution in [0.1, 0.15) is 59.3 Å². The first-order valence-electron chi connectivity index (χ1n) is 8.69. The number of hydrogen-bond donors (Lipinski definition) is 1. The van der Waals surface area contributed by atoms with E-state index in [-0.39, 0.29) is 5.54 Å². The third kappa shape index (κ3) is 3.20. The SMILES string of the molecule is CCC1CCCC(CN)(N2CC(C)N(C)C(C)C2)CC1. The molecule has 1 aliphatic heterocycles. The average molecular weight is 281 g/mol. The molecule has 2 rings (SSSR count). The van der Waals surface area contributed by atoms with Gasteiger partial charge in [0.1, 0.15) is 0 Å². The van der Waals surface area contributed by atoms with Gasteiger partial charge in [-0.25, -0.2) is 0 Å². The maximum absolute atomic E-state index is 6.30. The Morgan fingerprint density at radius 2 is 1.75 bits per heavy atom. The van der Waals surface area contributed by atoms with Crippen LogP contribution in [0.2, 0.25) is 0 Å². The van der Waals surface area contributed by atoms with E-state index in [1.807, 2.05) is 0 Å². The number of piperazine rings is 1. The van der Waals surface area contributed by atoms with Gasteiger partial charge in [0.25, 0.3) is 0 Å². The third-order valence-corrected chi connectivity index (χ3v) is 6.26. The minimum atomic E-state index is 0.285. The summed E-state index contributed by atoms with van der Waals surface area (Å²) in [6.07, 6.45) is 8.12. The van der Waals surface area contributed by atoms with Crippen LogP contribution < -0.4 is 5.73 Å². The molecule has 0 radical (unpaired) electrons. The lowest BCUT2D eigenvalue weighted by molar-refractivity contribution is -0.0171. The Bertz CT molecular complexity index is 295. The number of likely N-dealkylation sites (N-methyl/N-ethyl adjacent to an activating group) is 1. The summed E-state index contributed by atoms with van der Waals surface area (Å²) in [6, 6.07) is 1.29. The van der Waals surface area contributed by atoms with Gasteiger partial charge in [0.05, 0.1) is 0 Å². The number of rotatable bonds is 3. The fraction of sp³-hybridized carbons (Fsp3) is 1.00. The lowest BCUT2D eigenvalue weighted by Gasteiger charge is -2.51. The number of hydrogen-bond acceptors (Lipinski definition) is 3. The largest absolute Gasteiger partial charge is 0.329 e. The zero-order valence-corrected chi connectivity index (χ0v) is 14.1. The summed E-state index contributed by atoms with van der Waals surface area (Å²) in [5.41, 5.74) is 6.58. The van der Waals surface area contributed by atoms with Crippen molar-refractivity contribution < 1.29 is 0 Å². The highest BCUT2D eigenvalue weighted by Crippen LogP contribution is 2.37. The topological polar surface area (TPSA) is 32.5 Å². The lowest BCUT2D eigenvalue weighted by atomic mass is 9.85. The summed E-state index contributed by atoms with van der Waals surface area (Å²) in [4.78, 5) is 5.27. The second kappa shape index (κ2) is 6.76. The molecule has 3 nitrogen and oxygen atoms in total. The standard InChI is InChI=1S/C17H35N3/c1-5-16-7-6-9-17(13-18,10-8-16)20-11-14(2)19(4)15(3)12-20/h14-16H,5-13,18H2,1-4H3. The van der Waals surface area contributed by atoms with Crippen LogP contribution in [0.4, 0.5) is 0 Å². The molecule has 3 heteroatoms. The third-order valence-electron chi connectivity index (χ3n) is 6.26. The molecule has 0 aromatic heterocycles. The van der Waals surface area contributed by atoms with Crippen LogP contribution in [0, 0.1) is 5.92 Å². The van der Waals surface area contributed by atoms with Crippen LogP contribution in [0.3, 0.4) is 0 Å². The minimum Gasteiger partial charge on any atom is -0.329 e. The molecule has 2 fully saturated rings. The highest BCUT2D eigenvalue weighted by molar-refractivity contribution is 4.98. The highest BCUT2D eigenvalue weighted by atomic mass is 15.3. The van der Waals surface area contributed by atoms with Gasteiger partial charge in [0, 0.05) is 37.3 Å². The summed E-state index contributed by atoms with van der Waals surface area (Å²) in [5, 5.41) is 0. The average Bonchev–Trinajstić information content (AvgIpc) is 2.67. The van der Waals surface area contributed by atoms with E-state index in [1.54, 1.807) is 0 Å². The predicted octanol–water partition coefficient (Wildman–Crippen LogP) is 2.70. The summed E-state index contributed by atoms with van der Waals surface area (Å²) in [5.74, 6) is 0.936. The van der Waals surface area contributed by atoms with Gasteiger partial charge in [-0.3, -0.25) is 9.80 Å². The van der Waals surface area contributed by atoms with Gasteiger partial charge >= 0.3 is 0 Å². The number of nitrogens with two attached hydrogens (primary N) is 1. The molecular weight excluding hydrogens is 246 g/mol. The Morgan fingerprint density at radius 3 is 2.30 bits per heavy atom. The molecule has 4 atom stereocenters. The zero-order valence-electron chi connectivity index (χ0n) is 14.1. The summed E-state index contributed by atoms with van der Waals surface area (Å²) >= 11 is 0. The first-order valence-corrected chi connectivity index (χ1v) is 8.69. The molecule has 1 saturated heterocycles. The number of nitrogens with zero attached hydrogens (tertiary/aromatic N) is 2. The molecule has 4 unspecified atom stereocenters. The fourth-order valence-corrected chi connectivity index (χ4v) is 4.31. The Morgan fingerprint density at radius 1 is 1.10 bits per heavy atom. The molecule has 118 valence electrons. The second-order valence-electron chi connectivity index (χ2n) is 7.40. The molecule has 0 aromatic rings. The predicted molar refractivity (Wildman–Crippen MR) is 86.9 cm³/mol. The molecule has 2 N–H and O–H groups in total. The second-order valence-corrected chi connectivity index (χ2v) is 7.40. The van der Waals surface area contributed by atoms with E-state index in [9.17, 15) is 0 Å². The molecule has 0 aromatic carbocycles. The zero-order chi connectivity index (χ0) is 14.8. The quantitative estimate of drug-likeness (QED) is 0.807. The Hall–Kier alpha value is -0.120. The van der Waals surface area contributed by atoms with Crippen LogP contribution in [-0.2, 0) is 0 Å². The van der Waals surface area contributed by atoms with Gasteiger partial charge in [0.2, 0.25) is 0 Å². The van der Waals surface area contributed by atoms with Crippen molar-refractivity contribution in [3.63, 3.8) is 0 Å². The molecule has 1 saturated carbocycles. The normalized spacial score (nSPS) is 41.5. The molecular formula is C17H35N3. The van der Waals surface area contributed by atoms with Crippen molar-refractivity contribution in [1.29, 1.82) is 0 Å². The van der Waals surface area contributed by atoms with Crippen molar-refractivity contribution in [3.05, 3.63) is 0 Å². The van der Waals surface area contributed by atoms with Crippen LogP contribution in [0.25, 0.3) is 0 Å². The van der Waals surface area contributed by atoms with Gasteiger partial charge in [-0.15, -0.1) is 0 Å². The van der Waals surface area contributed by atoms with Crippen LogP contribution >= 0.6 is 0 Å². The van der Waals surface area contributed by atoms with E-state index in [0.29, 0.717) is 12.1 Å². The molecule has 2 aliphatic rings. The molecule has 1 heterocycles. The Labute approximate surface area is 125 Å². The van der Waals surface area contributed by atoms with E-state index < -0.39 is 0 Å². The minimum absolute atomic E-state index is 0.285. The van der Waals surface area contributed by atoms with Crippen LogP contribution in [-0.4, -0.2) is 54.1 Å². The summed E-state index contributed by atoms with van der Waals surface area (Å²) < 4.78 is 0. The fourth-order valence-electron chi connectivity index (χ4n) is 4.31. The van der Waals surface area contributed by atoms with Crippen molar-refractivity contribution >= 4 is 0 Å². The monoisotopic (exact) mass is 281 g/mol. The first kappa shape index (κ1) is 16.3. The van der Waals surface area contributed by atoms with E-state index >= 15 is 0 Å². The van der Waals surface area contributed by atoms with Gasteiger partial charge in [-0.1, -0.05) is 26.2 Å². The van der Waals surface area contributed by atoms with Crippen molar-refractivity contribution in [2.75, 3.05) is 26.7 Å². The molecule has 1 aliphatic carbocycles. The molecule has 0 amide bonds. The van der Waals surface area contributed by atoms with E-state index in [0.717, 1.165) is 12.5 Å². The van der Waals surface area contributed by atoms with Crippen LogP contribution in [0.5, 0.6) is 0 Å². The smallest absolute Gasteiger partial charge is 0.0333 e. The van der Waals surface area contributed by atoms with Crippen molar-refractivity contribution in [3.8, 4) is 0 Å². The first-order chi connectivity index (χ1) is 9.52. The highest BCUT2D eigenvalue weighted by Gasteiger charge is 2.41. The van der Waals surface area contributed by atoms with Crippen molar-refractivity contribution in [2.45, 2.75) is 76.9 Å².